The van der Waals surface area contributed by atoms with Crippen LogP contribution in [0.5, 0.6) is 5.75 Å². The van der Waals surface area contributed by atoms with Crippen LogP contribution >= 0.6 is 15.9 Å². The number of rotatable bonds is 1. The molecule has 1 aliphatic carbocycles. The van der Waals surface area contributed by atoms with Crippen LogP contribution in [0.15, 0.2) is 10.5 Å². The summed E-state index contributed by atoms with van der Waals surface area (Å²) in [5.74, 6) is 0.0510. The number of carbonyl (C=O) groups excluding carboxylic acids is 1. The summed E-state index contributed by atoms with van der Waals surface area (Å²) in [6, 6.07) is 1.94. The first kappa shape index (κ1) is 10.7. The van der Waals surface area contributed by atoms with Gasteiger partial charge in [0.15, 0.2) is 5.78 Å². The van der Waals surface area contributed by atoms with Crippen molar-refractivity contribution in [3.05, 3.63) is 27.2 Å². The molecule has 0 radical (unpaired) electrons. The van der Waals surface area contributed by atoms with Gasteiger partial charge in [-0.2, -0.15) is 0 Å². The number of halogens is 1. The normalized spacial score (nSPS) is 14.8. The van der Waals surface area contributed by atoms with Crippen LogP contribution in [-0.2, 0) is 12.8 Å². The molecule has 2 rings (SSSR count). The molecule has 0 amide bonds. The lowest BCUT2D eigenvalue weighted by Gasteiger charge is -2.20. The Hall–Kier alpha value is -0.830. The maximum atomic E-state index is 11.5. The average Bonchev–Trinajstić information content (AvgIpc) is 2.19. The molecule has 0 atom stereocenters. The lowest BCUT2D eigenvalue weighted by molar-refractivity contribution is 0.101. The third-order valence-corrected chi connectivity index (χ3v) is 3.53. The molecule has 0 saturated heterocycles. The fraction of sp³-hybridized carbons (Fsp3) is 0.417. The van der Waals surface area contributed by atoms with E-state index >= 15 is 0 Å². The van der Waals surface area contributed by atoms with E-state index in [0.29, 0.717) is 10.0 Å². The second kappa shape index (κ2) is 3.97. The van der Waals surface area contributed by atoms with Gasteiger partial charge in [0.1, 0.15) is 5.75 Å². The maximum absolute atomic E-state index is 11.5. The van der Waals surface area contributed by atoms with Crippen LogP contribution in [0.1, 0.15) is 41.3 Å². The zero-order valence-electron chi connectivity index (χ0n) is 8.64. The highest BCUT2D eigenvalue weighted by molar-refractivity contribution is 9.10. The molecule has 0 aliphatic heterocycles. The lowest BCUT2D eigenvalue weighted by Crippen LogP contribution is -2.09. The fourth-order valence-electron chi connectivity index (χ4n) is 2.24. The summed E-state index contributed by atoms with van der Waals surface area (Å²) in [5.41, 5.74) is 2.77. The van der Waals surface area contributed by atoms with E-state index in [1.54, 1.807) is 0 Å². The van der Waals surface area contributed by atoms with E-state index in [4.69, 9.17) is 0 Å². The van der Waals surface area contributed by atoms with Gasteiger partial charge in [-0.1, -0.05) is 0 Å². The second-order valence-corrected chi connectivity index (χ2v) is 4.84. The van der Waals surface area contributed by atoms with Gasteiger partial charge in [0.25, 0.3) is 0 Å². The fourth-order valence-corrected chi connectivity index (χ4v) is 2.71. The van der Waals surface area contributed by atoms with Gasteiger partial charge in [-0.25, -0.2) is 0 Å². The molecule has 0 bridgehead atoms. The van der Waals surface area contributed by atoms with E-state index in [2.05, 4.69) is 15.9 Å². The van der Waals surface area contributed by atoms with E-state index < -0.39 is 0 Å². The molecule has 1 aliphatic rings. The number of ketones is 1. The molecule has 3 heteroatoms. The summed E-state index contributed by atoms with van der Waals surface area (Å²) in [6.07, 6.45) is 4.19. The van der Waals surface area contributed by atoms with Gasteiger partial charge in [-0.3, -0.25) is 4.79 Å². The molecular weight excluding hydrogens is 256 g/mol. The number of fused-ring (bicyclic) bond motifs is 1. The van der Waals surface area contributed by atoms with Crippen molar-refractivity contribution in [2.75, 3.05) is 0 Å². The van der Waals surface area contributed by atoms with Crippen LogP contribution in [-0.4, -0.2) is 10.9 Å². The SMILES string of the molecule is CC(=O)c1c(O)c(Br)cc2c1CCCC2. The molecule has 1 aromatic carbocycles. The topological polar surface area (TPSA) is 37.3 Å². The molecule has 2 nitrogen and oxygen atoms in total. The Bertz CT molecular complexity index is 424. The number of benzene rings is 1. The smallest absolute Gasteiger partial charge is 0.163 e. The first-order valence-corrected chi connectivity index (χ1v) is 5.94. The van der Waals surface area contributed by atoms with Gasteiger partial charge in [0.05, 0.1) is 10.0 Å². The summed E-state index contributed by atoms with van der Waals surface area (Å²) >= 11 is 3.29. The first-order valence-electron chi connectivity index (χ1n) is 5.15. The predicted octanol–water partition coefficient (Wildman–Crippen LogP) is 3.24. The monoisotopic (exact) mass is 268 g/mol. The van der Waals surface area contributed by atoms with Crippen molar-refractivity contribution in [3.8, 4) is 5.75 Å². The molecule has 0 spiro atoms. The molecule has 0 fully saturated rings. The van der Waals surface area contributed by atoms with E-state index in [-0.39, 0.29) is 11.5 Å². The Balaban J connectivity index is 2.68. The van der Waals surface area contributed by atoms with Crippen LogP contribution in [0.3, 0.4) is 0 Å². The van der Waals surface area contributed by atoms with Gasteiger partial charge < -0.3 is 5.11 Å². The number of phenols is 1. The molecule has 0 aromatic heterocycles. The molecule has 0 heterocycles. The first-order chi connectivity index (χ1) is 7.11. The van der Waals surface area contributed by atoms with Crippen molar-refractivity contribution in [2.45, 2.75) is 32.6 Å². The maximum Gasteiger partial charge on any atom is 0.163 e. The quantitative estimate of drug-likeness (QED) is 0.795. The second-order valence-electron chi connectivity index (χ2n) is 3.98. The van der Waals surface area contributed by atoms with Crippen LogP contribution in [0, 0.1) is 0 Å². The minimum atomic E-state index is -0.0491. The number of carbonyl (C=O) groups is 1. The van der Waals surface area contributed by atoms with Gasteiger partial charge in [-0.05, 0) is 65.7 Å². The third-order valence-electron chi connectivity index (χ3n) is 2.93. The largest absolute Gasteiger partial charge is 0.506 e. The highest BCUT2D eigenvalue weighted by Gasteiger charge is 2.21. The van der Waals surface area contributed by atoms with Gasteiger partial charge >= 0.3 is 0 Å². The standard InChI is InChI=1S/C12H13BrO2/c1-7(14)11-9-5-3-2-4-8(9)6-10(13)12(11)15/h6,15H,2-5H2,1H3. The Morgan fingerprint density at radius 2 is 2.07 bits per heavy atom. The number of Topliss-reactive ketones (excluding diaryl/α,β-unsaturated/α-hetero) is 1. The molecule has 0 unspecified atom stereocenters. The van der Waals surface area contributed by atoms with Crippen LogP contribution in [0.4, 0.5) is 0 Å². The molecule has 0 saturated carbocycles. The zero-order valence-corrected chi connectivity index (χ0v) is 10.2. The molecule has 80 valence electrons. The summed E-state index contributed by atoms with van der Waals surface area (Å²) < 4.78 is 0.633. The number of hydrogen-bond acceptors (Lipinski definition) is 2. The molecule has 1 aromatic rings. The number of phenolic OH excluding ortho intramolecular Hbond substituents is 1. The Kier molecular flexibility index (Phi) is 2.83. The molecule has 15 heavy (non-hydrogen) atoms. The zero-order chi connectivity index (χ0) is 11.0. The van der Waals surface area contributed by atoms with Crippen molar-refractivity contribution in [1.29, 1.82) is 0 Å². The van der Waals surface area contributed by atoms with Crippen molar-refractivity contribution in [1.82, 2.24) is 0 Å². The average molecular weight is 269 g/mol. The van der Waals surface area contributed by atoms with Gasteiger partial charge in [0, 0.05) is 0 Å². The Morgan fingerprint density at radius 3 is 2.73 bits per heavy atom. The van der Waals surface area contributed by atoms with Crippen LogP contribution < -0.4 is 0 Å². The van der Waals surface area contributed by atoms with E-state index in [1.165, 1.54) is 18.9 Å². The van der Waals surface area contributed by atoms with E-state index in [9.17, 15) is 9.90 Å². The molecule has 1 N–H and O–H groups in total. The Labute approximate surface area is 97.4 Å². The minimum Gasteiger partial charge on any atom is -0.506 e. The van der Waals surface area contributed by atoms with E-state index in [0.717, 1.165) is 24.8 Å². The number of aryl methyl sites for hydroxylation is 1. The predicted molar refractivity (Wildman–Crippen MR) is 62.5 cm³/mol. The van der Waals surface area contributed by atoms with Crippen LogP contribution in [0.2, 0.25) is 0 Å². The summed E-state index contributed by atoms with van der Waals surface area (Å²) in [5, 5.41) is 9.86. The summed E-state index contributed by atoms with van der Waals surface area (Å²) in [7, 11) is 0. The minimum absolute atomic E-state index is 0.0491. The number of hydrogen-bond donors (Lipinski definition) is 1. The van der Waals surface area contributed by atoms with Crippen molar-refractivity contribution in [2.24, 2.45) is 0 Å². The summed E-state index contributed by atoms with van der Waals surface area (Å²) in [6.45, 7) is 1.51. The number of aromatic hydroxyl groups is 1. The van der Waals surface area contributed by atoms with Gasteiger partial charge in [0.2, 0.25) is 0 Å². The third kappa shape index (κ3) is 1.81. The highest BCUT2D eigenvalue weighted by atomic mass is 79.9. The molecular formula is C12H13BrO2. The van der Waals surface area contributed by atoms with Crippen molar-refractivity contribution >= 4 is 21.7 Å². The van der Waals surface area contributed by atoms with Crippen LogP contribution in [0.25, 0.3) is 0 Å². The summed E-state index contributed by atoms with van der Waals surface area (Å²) in [4.78, 5) is 11.5. The lowest BCUT2D eigenvalue weighted by atomic mass is 9.86. The van der Waals surface area contributed by atoms with E-state index in [1.807, 2.05) is 6.07 Å². The van der Waals surface area contributed by atoms with Crippen molar-refractivity contribution in [3.63, 3.8) is 0 Å². The highest BCUT2D eigenvalue weighted by Crippen LogP contribution is 2.36. The Morgan fingerprint density at radius 1 is 1.40 bits per heavy atom. The van der Waals surface area contributed by atoms with Gasteiger partial charge in [-0.15, -0.1) is 0 Å². The van der Waals surface area contributed by atoms with Crippen molar-refractivity contribution < 1.29 is 9.90 Å².